The van der Waals surface area contributed by atoms with E-state index in [1.165, 1.54) is 38.5 Å². The van der Waals surface area contributed by atoms with E-state index in [0.29, 0.717) is 22.5 Å². The number of Topliss-reactive ketones (excluding diaryl/α,β-unsaturated/α-hetero) is 1. The maximum atomic E-state index is 12.6. The Morgan fingerprint density at radius 2 is 1.85 bits per heavy atom. The molecule has 1 nitrogen and oxygen atoms in total. The molecule has 1 heteroatoms. The van der Waals surface area contributed by atoms with Gasteiger partial charge >= 0.3 is 0 Å². The normalized spacial score (nSPS) is 52.3. The quantitative estimate of drug-likeness (QED) is 0.628. The fraction of sp³-hybridized carbons (Fsp3) is 0.947. The van der Waals surface area contributed by atoms with Gasteiger partial charge in [-0.15, -0.1) is 0 Å². The molecular weight excluding hydrogens is 244 g/mol. The van der Waals surface area contributed by atoms with E-state index in [4.69, 9.17) is 0 Å². The van der Waals surface area contributed by atoms with E-state index in [2.05, 4.69) is 27.7 Å². The number of ketones is 1. The number of hydrogen-bond acceptors (Lipinski definition) is 1. The Hall–Kier alpha value is -0.330. The second-order valence-corrected chi connectivity index (χ2v) is 8.90. The molecule has 0 spiro atoms. The molecule has 0 aliphatic heterocycles. The van der Waals surface area contributed by atoms with Crippen LogP contribution >= 0.6 is 0 Å². The van der Waals surface area contributed by atoms with E-state index in [9.17, 15) is 4.79 Å². The Balaban J connectivity index is 1.90. The van der Waals surface area contributed by atoms with Crippen LogP contribution in [-0.2, 0) is 4.79 Å². The summed E-state index contributed by atoms with van der Waals surface area (Å²) in [4.78, 5) is 12.6. The van der Waals surface area contributed by atoms with Crippen molar-refractivity contribution in [3.05, 3.63) is 0 Å². The maximum absolute atomic E-state index is 12.6. The Kier molecular flexibility index (Phi) is 3.34. The molecule has 0 N–H and O–H groups in total. The Morgan fingerprint density at radius 3 is 2.55 bits per heavy atom. The summed E-state index contributed by atoms with van der Waals surface area (Å²) in [6.07, 6.45) is 11.2. The summed E-state index contributed by atoms with van der Waals surface area (Å²) in [7, 11) is 0. The SMILES string of the molecule is CCC1(C)CCC2(C)C(CCC3(C)C(=O)CCCC32)C1. The van der Waals surface area contributed by atoms with Crippen molar-refractivity contribution < 1.29 is 4.79 Å². The van der Waals surface area contributed by atoms with Crippen molar-refractivity contribution in [2.24, 2.45) is 28.1 Å². The number of carbonyl (C=O) groups is 1. The van der Waals surface area contributed by atoms with E-state index >= 15 is 0 Å². The van der Waals surface area contributed by atoms with Gasteiger partial charge in [0.25, 0.3) is 0 Å². The molecule has 0 heterocycles. The summed E-state index contributed by atoms with van der Waals surface area (Å²) in [6.45, 7) is 9.69. The van der Waals surface area contributed by atoms with Crippen molar-refractivity contribution in [1.82, 2.24) is 0 Å². The summed E-state index contributed by atoms with van der Waals surface area (Å²) < 4.78 is 0. The lowest BCUT2D eigenvalue weighted by Gasteiger charge is -2.61. The first-order valence-corrected chi connectivity index (χ1v) is 8.87. The van der Waals surface area contributed by atoms with Gasteiger partial charge in [-0.2, -0.15) is 0 Å². The highest BCUT2D eigenvalue weighted by molar-refractivity contribution is 5.85. The van der Waals surface area contributed by atoms with E-state index in [1.54, 1.807) is 0 Å². The van der Waals surface area contributed by atoms with Gasteiger partial charge in [0.1, 0.15) is 5.78 Å². The third-order valence-electron chi connectivity index (χ3n) is 7.90. The minimum Gasteiger partial charge on any atom is -0.299 e. The van der Waals surface area contributed by atoms with Crippen LogP contribution in [0.5, 0.6) is 0 Å². The largest absolute Gasteiger partial charge is 0.299 e. The van der Waals surface area contributed by atoms with E-state index in [0.717, 1.165) is 25.2 Å². The molecule has 3 saturated carbocycles. The van der Waals surface area contributed by atoms with Gasteiger partial charge in [-0.3, -0.25) is 4.79 Å². The van der Waals surface area contributed by atoms with Crippen LogP contribution in [0.25, 0.3) is 0 Å². The standard InChI is InChI=1S/C19H32O/c1-5-17(2)11-12-18(3)14(13-17)9-10-19(4)15(18)7-6-8-16(19)20/h14-15H,5-13H2,1-4H3. The Labute approximate surface area is 124 Å². The van der Waals surface area contributed by atoms with Gasteiger partial charge in [-0.1, -0.05) is 34.1 Å². The summed E-state index contributed by atoms with van der Waals surface area (Å²) in [5.41, 5.74) is 1.03. The molecule has 0 aromatic carbocycles. The molecule has 114 valence electrons. The van der Waals surface area contributed by atoms with Crippen molar-refractivity contribution in [1.29, 1.82) is 0 Å². The predicted octanol–water partition coefficient (Wildman–Crippen LogP) is 5.38. The highest BCUT2D eigenvalue weighted by Gasteiger charge is 2.59. The van der Waals surface area contributed by atoms with Crippen LogP contribution in [0.4, 0.5) is 0 Å². The van der Waals surface area contributed by atoms with Crippen LogP contribution in [0.2, 0.25) is 0 Å². The molecule has 0 radical (unpaired) electrons. The number of carbonyl (C=O) groups excluding carboxylic acids is 1. The van der Waals surface area contributed by atoms with Crippen LogP contribution in [0.1, 0.15) is 85.5 Å². The third-order valence-corrected chi connectivity index (χ3v) is 7.90. The van der Waals surface area contributed by atoms with Crippen LogP contribution in [0.15, 0.2) is 0 Å². The average Bonchev–Trinajstić information content (AvgIpc) is 2.43. The molecule has 5 unspecified atom stereocenters. The molecule has 5 atom stereocenters. The monoisotopic (exact) mass is 276 g/mol. The van der Waals surface area contributed by atoms with Gasteiger partial charge < -0.3 is 0 Å². The van der Waals surface area contributed by atoms with E-state index < -0.39 is 0 Å². The first-order valence-electron chi connectivity index (χ1n) is 8.87. The second kappa shape index (κ2) is 4.58. The minimum absolute atomic E-state index is 0.0173. The van der Waals surface area contributed by atoms with Crippen molar-refractivity contribution in [2.45, 2.75) is 85.5 Å². The predicted molar refractivity (Wildman–Crippen MR) is 83.5 cm³/mol. The molecule has 0 aromatic rings. The number of rotatable bonds is 1. The van der Waals surface area contributed by atoms with Crippen molar-refractivity contribution in [3.8, 4) is 0 Å². The lowest BCUT2D eigenvalue weighted by atomic mass is 9.42. The zero-order chi connectivity index (χ0) is 14.6. The van der Waals surface area contributed by atoms with Gasteiger partial charge in [-0.25, -0.2) is 0 Å². The van der Waals surface area contributed by atoms with Crippen molar-refractivity contribution in [2.75, 3.05) is 0 Å². The highest BCUT2D eigenvalue weighted by atomic mass is 16.1. The van der Waals surface area contributed by atoms with Gasteiger partial charge in [0, 0.05) is 11.8 Å². The summed E-state index contributed by atoms with van der Waals surface area (Å²) >= 11 is 0. The third kappa shape index (κ3) is 1.91. The van der Waals surface area contributed by atoms with Gasteiger partial charge in [0.05, 0.1) is 0 Å². The molecular formula is C19H32O. The molecule has 3 rings (SSSR count). The number of hydrogen-bond donors (Lipinski definition) is 0. The first-order chi connectivity index (χ1) is 9.34. The molecule has 3 aliphatic rings. The van der Waals surface area contributed by atoms with Crippen LogP contribution in [0.3, 0.4) is 0 Å². The van der Waals surface area contributed by atoms with Crippen LogP contribution < -0.4 is 0 Å². The fourth-order valence-electron chi connectivity index (χ4n) is 6.03. The van der Waals surface area contributed by atoms with Crippen LogP contribution in [0, 0.1) is 28.1 Å². The molecule has 0 amide bonds. The molecule has 3 aliphatic carbocycles. The molecule has 0 aromatic heterocycles. The highest BCUT2D eigenvalue weighted by Crippen LogP contribution is 2.65. The van der Waals surface area contributed by atoms with Gasteiger partial charge in [0.15, 0.2) is 0 Å². The zero-order valence-electron chi connectivity index (χ0n) is 13.9. The lowest BCUT2D eigenvalue weighted by Crippen LogP contribution is -2.56. The summed E-state index contributed by atoms with van der Waals surface area (Å²) in [6, 6.07) is 0. The van der Waals surface area contributed by atoms with Crippen molar-refractivity contribution in [3.63, 3.8) is 0 Å². The lowest BCUT2D eigenvalue weighted by molar-refractivity contribution is -0.158. The van der Waals surface area contributed by atoms with Crippen LogP contribution in [-0.4, -0.2) is 5.78 Å². The van der Waals surface area contributed by atoms with Gasteiger partial charge in [0.2, 0.25) is 0 Å². The second-order valence-electron chi connectivity index (χ2n) is 8.90. The summed E-state index contributed by atoms with van der Waals surface area (Å²) in [5, 5.41) is 0. The number of fused-ring (bicyclic) bond motifs is 3. The smallest absolute Gasteiger partial charge is 0.139 e. The topological polar surface area (TPSA) is 17.1 Å². The minimum atomic E-state index is 0.0173. The molecule has 3 fully saturated rings. The summed E-state index contributed by atoms with van der Waals surface area (Å²) in [5.74, 6) is 2.11. The van der Waals surface area contributed by atoms with E-state index in [1.807, 2.05) is 0 Å². The average molecular weight is 276 g/mol. The zero-order valence-corrected chi connectivity index (χ0v) is 13.9. The Bertz CT molecular complexity index is 414. The molecule has 0 saturated heterocycles. The van der Waals surface area contributed by atoms with E-state index in [-0.39, 0.29) is 5.41 Å². The fourth-order valence-corrected chi connectivity index (χ4v) is 6.03. The molecule has 0 bridgehead atoms. The van der Waals surface area contributed by atoms with Gasteiger partial charge in [-0.05, 0) is 67.6 Å². The van der Waals surface area contributed by atoms with Crippen molar-refractivity contribution >= 4 is 5.78 Å². The molecule has 20 heavy (non-hydrogen) atoms. The first kappa shape index (κ1) is 14.6. The maximum Gasteiger partial charge on any atom is 0.139 e. The Morgan fingerprint density at radius 1 is 1.10 bits per heavy atom.